The summed E-state index contributed by atoms with van der Waals surface area (Å²) in [5.41, 5.74) is 9.81. The van der Waals surface area contributed by atoms with E-state index in [9.17, 15) is 4.79 Å². The molecule has 130 valence electrons. The molecule has 0 spiro atoms. The first-order valence-electron chi connectivity index (χ1n) is 7.97. The number of amides is 1. The second kappa shape index (κ2) is 6.90. The Labute approximate surface area is 145 Å². The number of methoxy groups -OCH3 is 1. The lowest BCUT2D eigenvalue weighted by Crippen LogP contribution is -2.32. The van der Waals surface area contributed by atoms with E-state index in [4.69, 9.17) is 10.5 Å². The molecule has 2 heterocycles. The van der Waals surface area contributed by atoms with Crippen molar-refractivity contribution in [3.8, 4) is 5.75 Å². The number of carbonyl (C=O) groups excluding carboxylic acids is 1. The fourth-order valence-corrected chi connectivity index (χ4v) is 2.78. The van der Waals surface area contributed by atoms with E-state index in [1.54, 1.807) is 24.1 Å². The van der Waals surface area contributed by atoms with Crippen molar-refractivity contribution in [1.82, 2.24) is 20.1 Å². The van der Waals surface area contributed by atoms with Crippen LogP contribution < -0.4 is 15.8 Å². The van der Waals surface area contributed by atoms with Crippen molar-refractivity contribution in [2.24, 2.45) is 12.8 Å². The number of carbonyl (C=O) groups is 1. The molecule has 0 aliphatic heterocycles. The van der Waals surface area contributed by atoms with Crippen LogP contribution >= 0.6 is 0 Å². The average molecular weight is 339 g/mol. The molecule has 1 unspecified atom stereocenters. The summed E-state index contributed by atoms with van der Waals surface area (Å²) in [7, 11) is 3.42. The summed E-state index contributed by atoms with van der Waals surface area (Å²) in [5, 5.41) is 7.04. The van der Waals surface area contributed by atoms with Gasteiger partial charge >= 0.3 is 0 Å². The molecule has 0 bridgehead atoms. The van der Waals surface area contributed by atoms with Gasteiger partial charge in [0.1, 0.15) is 11.3 Å². The van der Waals surface area contributed by atoms with Crippen molar-refractivity contribution in [2.75, 3.05) is 13.7 Å². The largest absolute Gasteiger partial charge is 0.496 e. The van der Waals surface area contributed by atoms with Gasteiger partial charge in [0.2, 0.25) is 0 Å². The molecule has 1 aromatic carbocycles. The highest BCUT2D eigenvalue weighted by Gasteiger charge is 2.16. The number of benzene rings is 1. The Morgan fingerprint density at radius 3 is 2.92 bits per heavy atom. The summed E-state index contributed by atoms with van der Waals surface area (Å²) >= 11 is 0. The Kier molecular flexibility index (Phi) is 4.67. The normalized spacial score (nSPS) is 12.2. The predicted octanol–water partition coefficient (Wildman–Crippen LogP) is 1.72. The Balaban J connectivity index is 1.76. The van der Waals surface area contributed by atoms with Crippen molar-refractivity contribution in [2.45, 2.75) is 13.0 Å². The molecule has 3 aromatic rings. The molecule has 0 saturated carbocycles. The van der Waals surface area contributed by atoms with E-state index in [0.29, 0.717) is 23.6 Å². The van der Waals surface area contributed by atoms with E-state index >= 15 is 0 Å². The van der Waals surface area contributed by atoms with Crippen molar-refractivity contribution >= 4 is 16.9 Å². The van der Waals surface area contributed by atoms with Crippen LogP contribution in [0.2, 0.25) is 0 Å². The minimum Gasteiger partial charge on any atom is -0.496 e. The highest BCUT2D eigenvalue weighted by Crippen LogP contribution is 2.23. The second-order valence-corrected chi connectivity index (χ2v) is 5.85. The molecule has 0 aliphatic rings. The number of aryl methyl sites for hydroxylation is 2. The van der Waals surface area contributed by atoms with Gasteiger partial charge in [0, 0.05) is 19.2 Å². The number of hydrogen-bond donors (Lipinski definition) is 2. The lowest BCUT2D eigenvalue weighted by atomic mass is 10.1. The molecule has 1 atom stereocenters. The Morgan fingerprint density at radius 2 is 2.16 bits per heavy atom. The van der Waals surface area contributed by atoms with Gasteiger partial charge in [0.05, 0.1) is 36.1 Å². The number of pyridine rings is 1. The number of nitrogens with one attached hydrogen (secondary N) is 1. The van der Waals surface area contributed by atoms with E-state index in [2.05, 4.69) is 15.4 Å². The zero-order valence-corrected chi connectivity index (χ0v) is 14.5. The second-order valence-electron chi connectivity index (χ2n) is 5.85. The van der Waals surface area contributed by atoms with Gasteiger partial charge in [-0.3, -0.25) is 9.48 Å². The van der Waals surface area contributed by atoms with Gasteiger partial charge in [0.25, 0.3) is 5.91 Å². The van der Waals surface area contributed by atoms with E-state index in [1.165, 1.54) is 0 Å². The van der Waals surface area contributed by atoms with Crippen molar-refractivity contribution in [3.63, 3.8) is 0 Å². The molecule has 0 radical (unpaired) electrons. The first-order valence-corrected chi connectivity index (χ1v) is 7.97. The van der Waals surface area contributed by atoms with E-state index < -0.39 is 0 Å². The van der Waals surface area contributed by atoms with Gasteiger partial charge < -0.3 is 15.8 Å². The quantitative estimate of drug-likeness (QED) is 0.738. The predicted molar refractivity (Wildman–Crippen MR) is 95.5 cm³/mol. The summed E-state index contributed by atoms with van der Waals surface area (Å²) in [6.07, 6.45) is 1.68. The number of ether oxygens (including phenoxy) is 1. The molecule has 2 aromatic heterocycles. The van der Waals surface area contributed by atoms with Crippen molar-refractivity contribution in [1.29, 1.82) is 0 Å². The van der Waals surface area contributed by atoms with Gasteiger partial charge in [-0.05, 0) is 19.1 Å². The summed E-state index contributed by atoms with van der Waals surface area (Å²) in [6, 6.07) is 8.95. The molecular weight excluding hydrogens is 318 g/mol. The lowest BCUT2D eigenvalue weighted by Gasteiger charge is -2.16. The van der Waals surface area contributed by atoms with Crippen LogP contribution in [0, 0.1) is 6.92 Å². The number of rotatable bonds is 5. The van der Waals surface area contributed by atoms with Crippen LogP contribution in [0.5, 0.6) is 5.75 Å². The SMILES string of the molecule is COc1ccccc1C(N)CNC(=O)c1cc2c(cnn2C)nc1C. The van der Waals surface area contributed by atoms with Crippen molar-refractivity contribution in [3.05, 3.63) is 53.3 Å². The number of para-hydroxylation sites is 1. The topological polar surface area (TPSA) is 95.1 Å². The van der Waals surface area contributed by atoms with Crippen LogP contribution in [0.25, 0.3) is 11.0 Å². The maximum atomic E-state index is 12.6. The van der Waals surface area contributed by atoms with Gasteiger partial charge in [0.15, 0.2) is 0 Å². The molecule has 25 heavy (non-hydrogen) atoms. The zero-order chi connectivity index (χ0) is 18.0. The fraction of sp³-hybridized carbons (Fsp3) is 0.278. The minimum absolute atomic E-state index is 0.210. The van der Waals surface area contributed by atoms with E-state index in [0.717, 1.165) is 16.6 Å². The highest BCUT2D eigenvalue weighted by atomic mass is 16.5. The third-order valence-corrected chi connectivity index (χ3v) is 4.19. The summed E-state index contributed by atoms with van der Waals surface area (Å²) in [6.45, 7) is 2.10. The van der Waals surface area contributed by atoms with E-state index in [1.807, 2.05) is 38.2 Å². The first kappa shape index (κ1) is 16.9. The summed E-state index contributed by atoms with van der Waals surface area (Å²) < 4.78 is 7.01. The zero-order valence-electron chi connectivity index (χ0n) is 14.5. The van der Waals surface area contributed by atoms with E-state index in [-0.39, 0.29) is 11.9 Å². The number of fused-ring (bicyclic) bond motifs is 1. The van der Waals surface area contributed by atoms with Crippen molar-refractivity contribution < 1.29 is 9.53 Å². The number of hydrogen-bond acceptors (Lipinski definition) is 5. The van der Waals surface area contributed by atoms with Crippen LogP contribution in [0.3, 0.4) is 0 Å². The van der Waals surface area contributed by atoms with Gasteiger partial charge in [-0.2, -0.15) is 5.10 Å². The van der Waals surface area contributed by atoms with Crippen LogP contribution in [0.1, 0.15) is 27.7 Å². The molecule has 3 rings (SSSR count). The van der Waals surface area contributed by atoms with Crippen LogP contribution in [-0.4, -0.2) is 34.3 Å². The Bertz CT molecular complexity index is 919. The van der Waals surface area contributed by atoms with Crippen LogP contribution in [0.15, 0.2) is 36.5 Å². The molecule has 0 aliphatic carbocycles. The fourth-order valence-electron chi connectivity index (χ4n) is 2.78. The maximum Gasteiger partial charge on any atom is 0.253 e. The Hall–Kier alpha value is -2.93. The number of aromatic nitrogens is 3. The third kappa shape index (κ3) is 3.32. The molecule has 1 amide bonds. The third-order valence-electron chi connectivity index (χ3n) is 4.19. The first-order chi connectivity index (χ1) is 12.0. The van der Waals surface area contributed by atoms with Crippen LogP contribution in [0.4, 0.5) is 0 Å². The number of nitrogens with zero attached hydrogens (tertiary/aromatic N) is 3. The molecule has 0 fully saturated rings. The monoisotopic (exact) mass is 339 g/mol. The highest BCUT2D eigenvalue weighted by molar-refractivity contribution is 5.98. The standard InChI is InChI=1S/C18H21N5O2/c1-11-13(8-16-15(22-11)10-21-23(16)2)18(24)20-9-14(19)12-6-4-5-7-17(12)25-3/h4-8,10,14H,9,19H2,1-3H3,(H,20,24). The van der Waals surface area contributed by atoms with Gasteiger partial charge in [-0.25, -0.2) is 4.98 Å². The minimum atomic E-state index is -0.367. The average Bonchev–Trinajstić information content (AvgIpc) is 2.98. The smallest absolute Gasteiger partial charge is 0.253 e. The Morgan fingerprint density at radius 1 is 1.40 bits per heavy atom. The van der Waals surface area contributed by atoms with Gasteiger partial charge in [-0.15, -0.1) is 0 Å². The maximum absolute atomic E-state index is 12.6. The number of nitrogens with two attached hydrogens (primary N) is 1. The molecule has 7 heteroatoms. The van der Waals surface area contributed by atoms with Gasteiger partial charge in [-0.1, -0.05) is 18.2 Å². The molecular formula is C18H21N5O2. The molecule has 0 saturated heterocycles. The molecule has 7 nitrogen and oxygen atoms in total. The summed E-state index contributed by atoms with van der Waals surface area (Å²) in [5.74, 6) is 0.497. The summed E-state index contributed by atoms with van der Waals surface area (Å²) in [4.78, 5) is 17.0. The lowest BCUT2D eigenvalue weighted by molar-refractivity contribution is 0.0950. The molecule has 3 N–H and O–H groups in total. The van der Waals surface area contributed by atoms with Crippen LogP contribution in [-0.2, 0) is 7.05 Å².